The van der Waals surface area contributed by atoms with Crippen molar-refractivity contribution >= 4 is 5.91 Å². The lowest BCUT2D eigenvalue weighted by molar-refractivity contribution is -0.127. The van der Waals surface area contributed by atoms with Gasteiger partial charge in [-0.3, -0.25) is 4.79 Å². The van der Waals surface area contributed by atoms with E-state index in [0.29, 0.717) is 5.92 Å². The van der Waals surface area contributed by atoms with Gasteiger partial charge in [0, 0.05) is 13.1 Å². The van der Waals surface area contributed by atoms with Gasteiger partial charge in [0.1, 0.15) is 0 Å². The van der Waals surface area contributed by atoms with Crippen molar-refractivity contribution in [3.63, 3.8) is 0 Å². The van der Waals surface area contributed by atoms with E-state index < -0.39 is 0 Å². The normalized spacial score (nSPS) is 23.7. The van der Waals surface area contributed by atoms with E-state index >= 15 is 0 Å². The summed E-state index contributed by atoms with van der Waals surface area (Å²) in [5.74, 6) is 0.489. The minimum atomic E-state index is -0.265. The summed E-state index contributed by atoms with van der Waals surface area (Å²) in [7, 11) is 2.10. The van der Waals surface area contributed by atoms with E-state index in [4.69, 9.17) is 5.11 Å². The summed E-state index contributed by atoms with van der Waals surface area (Å²) >= 11 is 0. The van der Waals surface area contributed by atoms with Crippen LogP contribution in [0.3, 0.4) is 0 Å². The Balaban J connectivity index is 2.28. The van der Waals surface area contributed by atoms with Gasteiger partial charge in [0.05, 0.1) is 12.5 Å². The van der Waals surface area contributed by atoms with Crippen molar-refractivity contribution in [2.24, 2.45) is 17.8 Å². The van der Waals surface area contributed by atoms with Gasteiger partial charge in [-0.2, -0.15) is 0 Å². The summed E-state index contributed by atoms with van der Waals surface area (Å²) in [5.41, 5.74) is 0. The van der Waals surface area contributed by atoms with Crippen molar-refractivity contribution in [2.45, 2.75) is 20.3 Å². The van der Waals surface area contributed by atoms with E-state index in [0.717, 1.165) is 26.1 Å². The number of hydrogen-bond acceptors (Lipinski definition) is 3. The zero-order chi connectivity index (χ0) is 12.1. The highest BCUT2D eigenvalue weighted by Crippen LogP contribution is 2.14. The first-order valence-corrected chi connectivity index (χ1v) is 6.11. The number of aliphatic hydroxyl groups excluding tert-OH is 1. The van der Waals surface area contributed by atoms with Crippen LogP contribution in [0.25, 0.3) is 0 Å². The van der Waals surface area contributed by atoms with Gasteiger partial charge >= 0.3 is 0 Å². The van der Waals surface area contributed by atoms with Crippen molar-refractivity contribution in [3.05, 3.63) is 0 Å². The number of hydrogen-bond donors (Lipinski definition) is 2. The Kier molecular flexibility index (Phi) is 5.22. The van der Waals surface area contributed by atoms with E-state index in [2.05, 4.69) is 17.3 Å². The highest BCUT2D eigenvalue weighted by atomic mass is 16.3. The number of nitrogens with zero attached hydrogens (tertiary/aromatic N) is 1. The molecule has 1 aliphatic heterocycles. The molecule has 1 amide bonds. The lowest BCUT2D eigenvalue weighted by Gasteiger charge is -2.19. The summed E-state index contributed by atoms with van der Waals surface area (Å²) in [4.78, 5) is 14.0. The van der Waals surface area contributed by atoms with Crippen molar-refractivity contribution < 1.29 is 9.90 Å². The van der Waals surface area contributed by atoms with E-state index in [1.807, 2.05) is 13.8 Å². The summed E-state index contributed by atoms with van der Waals surface area (Å²) < 4.78 is 0. The third-order valence-electron chi connectivity index (χ3n) is 3.39. The monoisotopic (exact) mass is 228 g/mol. The first-order chi connectivity index (χ1) is 7.54. The number of amides is 1. The summed E-state index contributed by atoms with van der Waals surface area (Å²) in [6, 6.07) is 0. The number of aliphatic hydroxyl groups is 1. The minimum absolute atomic E-state index is 0.00736. The lowest BCUT2D eigenvalue weighted by Crippen LogP contribution is -2.38. The van der Waals surface area contributed by atoms with Gasteiger partial charge in [0.25, 0.3) is 0 Å². The van der Waals surface area contributed by atoms with Gasteiger partial charge in [-0.05, 0) is 31.8 Å². The average molecular weight is 228 g/mol. The molecule has 1 heterocycles. The molecule has 1 saturated heterocycles. The second-order valence-electron chi connectivity index (χ2n) is 5.20. The predicted molar refractivity (Wildman–Crippen MR) is 64.0 cm³/mol. The largest absolute Gasteiger partial charge is 0.396 e. The molecule has 0 aromatic carbocycles. The number of nitrogens with one attached hydrogen (secondary N) is 1. The van der Waals surface area contributed by atoms with Crippen LogP contribution in [0.1, 0.15) is 20.3 Å². The summed E-state index contributed by atoms with van der Waals surface area (Å²) in [5, 5.41) is 12.1. The quantitative estimate of drug-likeness (QED) is 0.712. The van der Waals surface area contributed by atoms with Gasteiger partial charge in [0.15, 0.2) is 0 Å². The molecule has 1 fully saturated rings. The average Bonchev–Trinajstić information content (AvgIpc) is 2.62. The fourth-order valence-electron chi connectivity index (χ4n) is 2.17. The molecule has 0 aromatic rings. The van der Waals surface area contributed by atoms with E-state index in [1.54, 1.807) is 0 Å². The van der Waals surface area contributed by atoms with E-state index in [9.17, 15) is 4.79 Å². The molecule has 16 heavy (non-hydrogen) atoms. The minimum Gasteiger partial charge on any atom is -0.396 e. The van der Waals surface area contributed by atoms with E-state index in [-0.39, 0.29) is 24.3 Å². The third kappa shape index (κ3) is 3.76. The molecule has 2 N–H and O–H groups in total. The van der Waals surface area contributed by atoms with Crippen LogP contribution in [0.2, 0.25) is 0 Å². The van der Waals surface area contributed by atoms with Crippen LogP contribution >= 0.6 is 0 Å². The standard InChI is InChI=1S/C12H24N2O2/c1-9(2)11(8-15)12(16)13-6-10-4-5-14(3)7-10/h9-11,15H,4-8H2,1-3H3,(H,13,16). The Labute approximate surface area is 98.0 Å². The molecule has 94 valence electrons. The Bertz CT molecular complexity index is 231. The molecular formula is C12H24N2O2. The maximum absolute atomic E-state index is 11.8. The Morgan fingerprint density at radius 1 is 1.56 bits per heavy atom. The molecule has 4 heteroatoms. The number of rotatable bonds is 5. The van der Waals surface area contributed by atoms with Crippen molar-refractivity contribution in [3.8, 4) is 0 Å². The molecular weight excluding hydrogens is 204 g/mol. The first-order valence-electron chi connectivity index (χ1n) is 6.11. The number of likely N-dealkylation sites (tertiary alicyclic amines) is 1. The van der Waals surface area contributed by atoms with Crippen LogP contribution < -0.4 is 5.32 Å². The molecule has 4 nitrogen and oxygen atoms in total. The highest BCUT2D eigenvalue weighted by Gasteiger charge is 2.24. The molecule has 1 aliphatic rings. The van der Waals surface area contributed by atoms with Crippen LogP contribution in [-0.4, -0.2) is 49.2 Å². The highest BCUT2D eigenvalue weighted by molar-refractivity contribution is 5.78. The molecule has 0 spiro atoms. The number of carbonyl (C=O) groups excluding carboxylic acids is 1. The zero-order valence-electron chi connectivity index (χ0n) is 10.6. The van der Waals surface area contributed by atoms with Gasteiger partial charge in [-0.25, -0.2) is 0 Å². The fourth-order valence-corrected chi connectivity index (χ4v) is 2.17. The summed E-state index contributed by atoms with van der Waals surface area (Å²) in [6.45, 7) is 6.79. The fraction of sp³-hybridized carbons (Fsp3) is 0.917. The first kappa shape index (κ1) is 13.5. The van der Waals surface area contributed by atoms with Gasteiger partial charge in [0.2, 0.25) is 5.91 Å². The van der Waals surface area contributed by atoms with Crippen LogP contribution in [0.15, 0.2) is 0 Å². The molecule has 1 rings (SSSR count). The SMILES string of the molecule is CC(C)C(CO)C(=O)NCC1CCN(C)C1. The molecule has 2 atom stereocenters. The van der Waals surface area contributed by atoms with E-state index in [1.165, 1.54) is 0 Å². The molecule has 0 bridgehead atoms. The van der Waals surface area contributed by atoms with Gasteiger partial charge < -0.3 is 15.3 Å². The Hall–Kier alpha value is -0.610. The topological polar surface area (TPSA) is 52.6 Å². The van der Waals surface area contributed by atoms with Crippen LogP contribution in [0.4, 0.5) is 0 Å². The second kappa shape index (κ2) is 6.21. The summed E-state index contributed by atoms with van der Waals surface area (Å²) in [6.07, 6.45) is 1.16. The maximum atomic E-state index is 11.8. The molecule has 0 aliphatic carbocycles. The van der Waals surface area contributed by atoms with Crippen LogP contribution in [-0.2, 0) is 4.79 Å². The second-order valence-corrected chi connectivity index (χ2v) is 5.20. The maximum Gasteiger partial charge on any atom is 0.225 e. The van der Waals surface area contributed by atoms with Gasteiger partial charge in [-0.15, -0.1) is 0 Å². The van der Waals surface area contributed by atoms with Crippen molar-refractivity contribution in [1.82, 2.24) is 10.2 Å². The number of carbonyl (C=O) groups is 1. The molecule has 2 unspecified atom stereocenters. The smallest absolute Gasteiger partial charge is 0.225 e. The Morgan fingerprint density at radius 3 is 2.69 bits per heavy atom. The van der Waals surface area contributed by atoms with Gasteiger partial charge in [-0.1, -0.05) is 13.8 Å². The zero-order valence-corrected chi connectivity index (χ0v) is 10.6. The van der Waals surface area contributed by atoms with Crippen molar-refractivity contribution in [1.29, 1.82) is 0 Å². The lowest BCUT2D eigenvalue weighted by atomic mass is 9.95. The van der Waals surface area contributed by atoms with Crippen LogP contribution in [0, 0.1) is 17.8 Å². The predicted octanol–water partition coefficient (Wildman–Crippen LogP) is 0.319. The molecule has 0 aromatic heterocycles. The molecule has 0 radical (unpaired) electrons. The molecule has 0 saturated carbocycles. The van der Waals surface area contributed by atoms with Crippen molar-refractivity contribution in [2.75, 3.05) is 33.3 Å². The van der Waals surface area contributed by atoms with Crippen LogP contribution in [0.5, 0.6) is 0 Å². The Morgan fingerprint density at radius 2 is 2.25 bits per heavy atom. The third-order valence-corrected chi connectivity index (χ3v) is 3.39.